The second kappa shape index (κ2) is 17.1. The summed E-state index contributed by atoms with van der Waals surface area (Å²) in [5.74, 6) is -0.432. The molecule has 0 saturated carbocycles. The summed E-state index contributed by atoms with van der Waals surface area (Å²) < 4.78 is 45.9. The third-order valence-corrected chi connectivity index (χ3v) is 8.57. The van der Waals surface area contributed by atoms with Gasteiger partial charge in [0.2, 0.25) is 5.91 Å². The molecule has 2 aliphatic rings. The van der Waals surface area contributed by atoms with Crippen LogP contribution in [-0.4, -0.2) is 77.8 Å². The highest BCUT2D eigenvalue weighted by Crippen LogP contribution is 2.31. The van der Waals surface area contributed by atoms with Crippen molar-refractivity contribution in [2.75, 3.05) is 44.3 Å². The third kappa shape index (κ3) is 9.50. The van der Waals surface area contributed by atoms with Gasteiger partial charge in [0.15, 0.2) is 0 Å². The Bertz CT molecular complexity index is 1820. The molecular formula is C38H41F3N6O4. The van der Waals surface area contributed by atoms with Crippen LogP contribution in [0.15, 0.2) is 103 Å². The largest absolute Gasteiger partial charge is 0.416 e. The summed E-state index contributed by atoms with van der Waals surface area (Å²) in [6.07, 6.45) is -0.824. The number of aromatic nitrogens is 2. The molecule has 1 aromatic heterocycles. The van der Waals surface area contributed by atoms with Crippen LogP contribution in [0.2, 0.25) is 0 Å². The number of likely N-dealkylation sites (N-methyl/N-ethyl adjacent to an activating group) is 1. The summed E-state index contributed by atoms with van der Waals surface area (Å²) in [7, 11) is 0. The van der Waals surface area contributed by atoms with E-state index in [1.54, 1.807) is 17.8 Å². The van der Waals surface area contributed by atoms with Crippen molar-refractivity contribution < 1.29 is 32.3 Å². The van der Waals surface area contributed by atoms with Gasteiger partial charge in [0.1, 0.15) is 11.9 Å². The first-order valence-electron chi connectivity index (χ1n) is 16.8. The van der Waals surface area contributed by atoms with E-state index in [0.29, 0.717) is 25.5 Å². The molecule has 0 spiro atoms. The molecule has 6 rings (SSSR count). The second-order valence-corrected chi connectivity index (χ2v) is 12.0. The van der Waals surface area contributed by atoms with E-state index < -0.39 is 23.7 Å². The SMILES string of the molecule is C/C=C(\CN1CCOCC1)C(=O)NCc1ccccc1.CCN1C(=O)C(NC(=O)c2cccc(C(F)(F)F)c2)Cc2cnn(-c3ccccc3)c21. The average Bonchev–Trinajstić information content (AvgIpc) is 3.58. The Balaban J connectivity index is 0.000000218. The number of benzene rings is 3. The molecule has 0 bridgehead atoms. The zero-order chi connectivity index (χ0) is 36.4. The summed E-state index contributed by atoms with van der Waals surface area (Å²) in [4.78, 5) is 41.6. The minimum atomic E-state index is -4.56. The molecule has 13 heteroatoms. The van der Waals surface area contributed by atoms with Gasteiger partial charge in [0, 0.05) is 55.8 Å². The summed E-state index contributed by atoms with van der Waals surface area (Å²) in [6.45, 7) is 8.62. The fourth-order valence-electron chi connectivity index (χ4n) is 5.85. The molecule has 2 aliphatic heterocycles. The quantitative estimate of drug-likeness (QED) is 0.233. The van der Waals surface area contributed by atoms with E-state index in [2.05, 4.69) is 20.6 Å². The lowest BCUT2D eigenvalue weighted by atomic mass is 10.0. The topological polar surface area (TPSA) is 109 Å². The van der Waals surface area contributed by atoms with Gasteiger partial charge >= 0.3 is 6.18 Å². The minimum absolute atomic E-state index is 0.0165. The fourth-order valence-corrected chi connectivity index (χ4v) is 5.85. The number of halogens is 3. The van der Waals surface area contributed by atoms with E-state index in [-0.39, 0.29) is 23.8 Å². The summed E-state index contributed by atoms with van der Waals surface area (Å²) in [5, 5.41) is 9.95. The maximum atomic E-state index is 13.1. The average molecular weight is 703 g/mol. The van der Waals surface area contributed by atoms with Crippen molar-refractivity contribution in [3.8, 4) is 5.69 Å². The van der Waals surface area contributed by atoms with E-state index >= 15 is 0 Å². The second-order valence-electron chi connectivity index (χ2n) is 12.0. The van der Waals surface area contributed by atoms with Crippen molar-refractivity contribution in [3.05, 3.63) is 125 Å². The molecule has 1 atom stereocenters. The molecule has 51 heavy (non-hydrogen) atoms. The van der Waals surface area contributed by atoms with Gasteiger partial charge in [-0.2, -0.15) is 18.3 Å². The number of fused-ring (bicyclic) bond motifs is 1. The van der Waals surface area contributed by atoms with Crippen molar-refractivity contribution >= 4 is 23.5 Å². The first kappa shape index (κ1) is 37.0. The number of para-hydroxylation sites is 1. The number of carbonyl (C=O) groups excluding carboxylic acids is 3. The number of nitrogens with zero attached hydrogens (tertiary/aromatic N) is 4. The zero-order valence-electron chi connectivity index (χ0n) is 28.5. The Morgan fingerprint density at radius 3 is 2.31 bits per heavy atom. The Morgan fingerprint density at radius 1 is 0.980 bits per heavy atom. The molecule has 268 valence electrons. The summed E-state index contributed by atoms with van der Waals surface area (Å²) >= 11 is 0. The lowest BCUT2D eigenvalue weighted by molar-refractivity contribution is -0.137. The fraction of sp³-hybridized carbons (Fsp3) is 0.316. The van der Waals surface area contributed by atoms with Crippen LogP contribution in [0.25, 0.3) is 5.69 Å². The predicted octanol–water partition coefficient (Wildman–Crippen LogP) is 5.18. The molecular weight excluding hydrogens is 661 g/mol. The van der Waals surface area contributed by atoms with Crippen molar-refractivity contribution in [3.63, 3.8) is 0 Å². The van der Waals surface area contributed by atoms with Crippen LogP contribution < -0.4 is 15.5 Å². The van der Waals surface area contributed by atoms with Gasteiger partial charge in [-0.3, -0.25) is 24.2 Å². The van der Waals surface area contributed by atoms with E-state index in [0.717, 1.165) is 60.8 Å². The van der Waals surface area contributed by atoms with Crippen LogP contribution in [0.3, 0.4) is 0 Å². The van der Waals surface area contributed by atoms with Crippen molar-refractivity contribution in [1.82, 2.24) is 25.3 Å². The first-order valence-corrected chi connectivity index (χ1v) is 16.8. The molecule has 0 radical (unpaired) electrons. The summed E-state index contributed by atoms with van der Waals surface area (Å²) in [5.41, 5.74) is 2.42. The van der Waals surface area contributed by atoms with Crippen LogP contribution in [0.1, 0.15) is 40.9 Å². The predicted molar refractivity (Wildman–Crippen MR) is 187 cm³/mol. The van der Waals surface area contributed by atoms with Gasteiger partial charge in [-0.25, -0.2) is 4.68 Å². The number of allylic oxidation sites excluding steroid dienone is 1. The monoisotopic (exact) mass is 702 g/mol. The van der Waals surface area contributed by atoms with Crippen molar-refractivity contribution in [1.29, 1.82) is 0 Å². The standard InChI is InChI=1S/C22H19F3N4O2.C16H22N2O2/c1-2-28-20-15(13-26-29(20)17-9-4-3-5-10-17)12-18(21(28)31)27-19(30)14-7-6-8-16(11-14)22(23,24)25;1-2-15(13-18-8-10-20-11-9-18)16(19)17-12-14-6-4-3-5-7-14/h3-11,13,18H,2,12H2,1H3,(H,27,30);2-7H,8-13H2,1H3,(H,17,19)/b;15-2+. The first-order chi connectivity index (χ1) is 24.6. The van der Waals surface area contributed by atoms with Crippen LogP contribution in [-0.2, 0) is 33.5 Å². The van der Waals surface area contributed by atoms with Crippen LogP contribution in [0.4, 0.5) is 19.0 Å². The van der Waals surface area contributed by atoms with Gasteiger partial charge < -0.3 is 15.4 Å². The van der Waals surface area contributed by atoms with Gasteiger partial charge in [-0.05, 0) is 49.7 Å². The van der Waals surface area contributed by atoms with E-state index in [9.17, 15) is 27.6 Å². The molecule has 4 aromatic rings. The van der Waals surface area contributed by atoms with Gasteiger partial charge in [-0.15, -0.1) is 0 Å². The lowest BCUT2D eigenvalue weighted by Crippen LogP contribution is -2.53. The number of carbonyl (C=O) groups is 3. The molecule has 3 amide bonds. The van der Waals surface area contributed by atoms with Crippen LogP contribution in [0, 0.1) is 0 Å². The normalized spacial score (nSPS) is 16.5. The number of ether oxygens (including phenoxy) is 1. The van der Waals surface area contributed by atoms with Crippen molar-refractivity contribution in [2.24, 2.45) is 0 Å². The number of anilines is 1. The molecule has 1 saturated heterocycles. The highest BCUT2D eigenvalue weighted by molar-refractivity contribution is 6.04. The van der Waals surface area contributed by atoms with E-state index in [1.165, 1.54) is 17.0 Å². The number of nitrogens with one attached hydrogen (secondary N) is 2. The highest BCUT2D eigenvalue weighted by atomic mass is 19.4. The Hall–Kier alpha value is -5.27. The van der Waals surface area contributed by atoms with E-state index in [4.69, 9.17) is 4.74 Å². The van der Waals surface area contributed by atoms with Crippen LogP contribution >= 0.6 is 0 Å². The molecule has 3 aromatic carbocycles. The maximum absolute atomic E-state index is 13.1. The van der Waals surface area contributed by atoms with E-state index in [1.807, 2.05) is 73.7 Å². The molecule has 0 aliphatic carbocycles. The highest BCUT2D eigenvalue weighted by Gasteiger charge is 2.37. The molecule has 2 N–H and O–H groups in total. The van der Waals surface area contributed by atoms with Crippen LogP contribution in [0.5, 0.6) is 0 Å². The molecule has 1 fully saturated rings. The maximum Gasteiger partial charge on any atom is 0.416 e. The molecule has 10 nitrogen and oxygen atoms in total. The van der Waals surface area contributed by atoms with Crippen molar-refractivity contribution in [2.45, 2.75) is 39.0 Å². The molecule has 3 heterocycles. The Kier molecular flexibility index (Phi) is 12.4. The number of hydrogen-bond acceptors (Lipinski definition) is 6. The summed E-state index contributed by atoms with van der Waals surface area (Å²) in [6, 6.07) is 22.5. The number of alkyl halides is 3. The lowest BCUT2D eigenvalue weighted by Gasteiger charge is -2.32. The van der Waals surface area contributed by atoms with Gasteiger partial charge in [-0.1, -0.05) is 60.7 Å². The Labute approximate surface area is 294 Å². The van der Waals surface area contributed by atoms with Gasteiger partial charge in [0.05, 0.1) is 30.7 Å². The number of morpholine rings is 1. The number of rotatable bonds is 9. The minimum Gasteiger partial charge on any atom is -0.379 e. The Morgan fingerprint density at radius 2 is 1.67 bits per heavy atom. The number of amides is 3. The third-order valence-electron chi connectivity index (χ3n) is 8.57. The molecule has 1 unspecified atom stereocenters. The van der Waals surface area contributed by atoms with Gasteiger partial charge in [0.25, 0.3) is 11.8 Å². The number of hydrogen-bond donors (Lipinski definition) is 2. The zero-order valence-corrected chi connectivity index (χ0v) is 28.5. The smallest absolute Gasteiger partial charge is 0.379 e.